The van der Waals surface area contributed by atoms with Gasteiger partial charge in [0.15, 0.2) is 0 Å². The summed E-state index contributed by atoms with van der Waals surface area (Å²) in [6.45, 7) is 2.66. The standard InChI is InChI=1S/C22H20N4O/c23-16-19-8-4-10-24-22(19)26-13-11-25(12-14-26)21(27)15-18-7-3-6-17-5-1-2-9-20(17)18/h1-10H,11-15H2. The molecule has 0 aliphatic carbocycles. The lowest BCUT2D eigenvalue weighted by Crippen LogP contribution is -2.49. The predicted octanol–water partition coefficient (Wildman–Crippen LogP) is 3.00. The number of fused-ring (bicyclic) bond motifs is 1. The van der Waals surface area contributed by atoms with E-state index >= 15 is 0 Å². The molecule has 4 rings (SSSR count). The first kappa shape index (κ1) is 17.0. The van der Waals surface area contributed by atoms with Gasteiger partial charge in [-0.3, -0.25) is 4.79 Å². The first-order valence-electron chi connectivity index (χ1n) is 9.11. The van der Waals surface area contributed by atoms with Crippen LogP contribution in [0.3, 0.4) is 0 Å². The van der Waals surface area contributed by atoms with Gasteiger partial charge in [-0.25, -0.2) is 4.98 Å². The number of hydrogen-bond acceptors (Lipinski definition) is 4. The van der Waals surface area contributed by atoms with Crippen LogP contribution in [0, 0.1) is 11.3 Å². The van der Waals surface area contributed by atoms with Gasteiger partial charge in [0.1, 0.15) is 11.9 Å². The molecule has 27 heavy (non-hydrogen) atoms. The molecule has 0 bridgehead atoms. The second kappa shape index (κ2) is 7.46. The molecule has 2 heterocycles. The lowest BCUT2D eigenvalue weighted by Gasteiger charge is -2.35. The topological polar surface area (TPSA) is 60.2 Å². The summed E-state index contributed by atoms with van der Waals surface area (Å²) in [5.74, 6) is 0.855. The van der Waals surface area contributed by atoms with Gasteiger partial charge in [-0.05, 0) is 28.5 Å². The van der Waals surface area contributed by atoms with Gasteiger partial charge in [0.25, 0.3) is 0 Å². The zero-order chi connectivity index (χ0) is 18.6. The summed E-state index contributed by atoms with van der Waals surface area (Å²) in [5.41, 5.74) is 1.64. The highest BCUT2D eigenvalue weighted by Gasteiger charge is 2.23. The Balaban J connectivity index is 1.44. The summed E-state index contributed by atoms with van der Waals surface area (Å²) in [6, 6.07) is 20.0. The molecule has 2 aromatic carbocycles. The smallest absolute Gasteiger partial charge is 0.227 e. The fraction of sp³-hybridized carbons (Fsp3) is 0.227. The predicted molar refractivity (Wildman–Crippen MR) is 105 cm³/mol. The number of piperazine rings is 1. The van der Waals surface area contributed by atoms with Crippen LogP contribution in [-0.2, 0) is 11.2 Å². The molecule has 1 aromatic heterocycles. The molecule has 1 aliphatic heterocycles. The number of amides is 1. The summed E-state index contributed by atoms with van der Waals surface area (Å²) in [7, 11) is 0. The zero-order valence-electron chi connectivity index (χ0n) is 15.0. The van der Waals surface area contributed by atoms with E-state index in [9.17, 15) is 10.1 Å². The van der Waals surface area contributed by atoms with Crippen LogP contribution in [-0.4, -0.2) is 42.0 Å². The van der Waals surface area contributed by atoms with Crippen LogP contribution in [0.1, 0.15) is 11.1 Å². The van der Waals surface area contributed by atoms with Gasteiger partial charge in [-0.15, -0.1) is 0 Å². The molecule has 5 nitrogen and oxygen atoms in total. The maximum atomic E-state index is 12.8. The van der Waals surface area contributed by atoms with Gasteiger partial charge in [0.05, 0.1) is 12.0 Å². The molecule has 0 atom stereocenters. The van der Waals surface area contributed by atoms with Crippen LogP contribution in [0.5, 0.6) is 0 Å². The summed E-state index contributed by atoms with van der Waals surface area (Å²) >= 11 is 0. The van der Waals surface area contributed by atoms with Gasteiger partial charge >= 0.3 is 0 Å². The largest absolute Gasteiger partial charge is 0.352 e. The fourth-order valence-corrected chi connectivity index (χ4v) is 3.63. The molecule has 0 unspecified atom stereocenters. The zero-order valence-corrected chi connectivity index (χ0v) is 15.0. The van der Waals surface area contributed by atoms with Crippen molar-refractivity contribution in [1.82, 2.24) is 9.88 Å². The van der Waals surface area contributed by atoms with Crippen LogP contribution in [0.4, 0.5) is 5.82 Å². The minimum Gasteiger partial charge on any atom is -0.352 e. The number of anilines is 1. The summed E-state index contributed by atoms with van der Waals surface area (Å²) in [6.07, 6.45) is 2.11. The van der Waals surface area contributed by atoms with Crippen molar-refractivity contribution in [1.29, 1.82) is 5.26 Å². The summed E-state index contributed by atoms with van der Waals surface area (Å²) < 4.78 is 0. The molecule has 0 spiro atoms. The van der Waals surface area contributed by atoms with Crippen molar-refractivity contribution in [3.8, 4) is 6.07 Å². The molecule has 0 saturated carbocycles. The average Bonchev–Trinajstić information content (AvgIpc) is 2.74. The number of carbonyl (C=O) groups excluding carboxylic acids is 1. The highest BCUT2D eigenvalue weighted by molar-refractivity contribution is 5.90. The number of pyridine rings is 1. The Hall–Kier alpha value is -3.39. The quantitative estimate of drug-likeness (QED) is 0.724. The van der Waals surface area contributed by atoms with Crippen LogP contribution >= 0.6 is 0 Å². The van der Waals surface area contributed by atoms with Crippen LogP contribution in [0.2, 0.25) is 0 Å². The number of carbonyl (C=O) groups is 1. The number of aromatic nitrogens is 1. The maximum absolute atomic E-state index is 12.8. The lowest BCUT2D eigenvalue weighted by atomic mass is 10.0. The van der Waals surface area contributed by atoms with Crippen LogP contribution < -0.4 is 4.90 Å². The summed E-state index contributed by atoms with van der Waals surface area (Å²) in [4.78, 5) is 21.2. The Bertz CT molecular complexity index is 1010. The van der Waals surface area contributed by atoms with E-state index < -0.39 is 0 Å². The minimum atomic E-state index is 0.146. The molecule has 5 heteroatoms. The highest BCUT2D eigenvalue weighted by Crippen LogP contribution is 2.21. The Kier molecular flexibility index (Phi) is 4.71. The number of rotatable bonds is 3. The first-order valence-corrected chi connectivity index (χ1v) is 9.11. The Morgan fingerprint density at radius 1 is 1.00 bits per heavy atom. The van der Waals surface area contributed by atoms with Crippen LogP contribution in [0.25, 0.3) is 10.8 Å². The number of nitrogens with zero attached hydrogens (tertiary/aromatic N) is 4. The number of benzene rings is 2. The normalized spacial score (nSPS) is 14.2. The summed E-state index contributed by atoms with van der Waals surface area (Å²) in [5, 5.41) is 11.6. The van der Waals surface area contributed by atoms with E-state index in [2.05, 4.69) is 34.2 Å². The molecule has 134 valence electrons. The maximum Gasteiger partial charge on any atom is 0.227 e. The average molecular weight is 356 g/mol. The second-order valence-corrected chi connectivity index (χ2v) is 6.67. The van der Waals surface area contributed by atoms with Crippen LogP contribution in [0.15, 0.2) is 60.8 Å². The van der Waals surface area contributed by atoms with Gasteiger partial charge in [-0.1, -0.05) is 42.5 Å². The molecule has 3 aromatic rings. The van der Waals surface area contributed by atoms with Gasteiger partial charge in [0, 0.05) is 32.4 Å². The molecular formula is C22H20N4O. The molecule has 0 radical (unpaired) electrons. The van der Waals surface area contributed by atoms with Crippen molar-refractivity contribution < 1.29 is 4.79 Å². The third kappa shape index (κ3) is 3.47. The second-order valence-electron chi connectivity index (χ2n) is 6.67. The van der Waals surface area contributed by atoms with Gasteiger partial charge < -0.3 is 9.80 Å². The van der Waals surface area contributed by atoms with Crippen molar-refractivity contribution in [2.45, 2.75) is 6.42 Å². The van der Waals surface area contributed by atoms with E-state index in [1.54, 1.807) is 18.3 Å². The molecule has 1 amide bonds. The Morgan fingerprint density at radius 2 is 1.78 bits per heavy atom. The van der Waals surface area contributed by atoms with Crippen molar-refractivity contribution in [2.75, 3.05) is 31.1 Å². The minimum absolute atomic E-state index is 0.146. The molecule has 1 saturated heterocycles. The third-order valence-electron chi connectivity index (χ3n) is 5.06. The molecule has 1 aliphatic rings. The van der Waals surface area contributed by atoms with Gasteiger partial charge in [-0.2, -0.15) is 5.26 Å². The van der Waals surface area contributed by atoms with Crippen molar-refractivity contribution in [3.05, 3.63) is 71.9 Å². The Labute approximate surface area is 158 Å². The number of nitriles is 1. The van der Waals surface area contributed by atoms with E-state index in [1.165, 1.54) is 0 Å². The van der Waals surface area contributed by atoms with E-state index in [0.717, 1.165) is 16.3 Å². The lowest BCUT2D eigenvalue weighted by molar-refractivity contribution is -0.130. The monoisotopic (exact) mass is 356 g/mol. The van der Waals surface area contributed by atoms with Gasteiger partial charge in [0.2, 0.25) is 5.91 Å². The SMILES string of the molecule is N#Cc1cccnc1N1CCN(C(=O)Cc2cccc3ccccc23)CC1. The first-order chi connectivity index (χ1) is 13.3. The van der Waals surface area contributed by atoms with E-state index in [1.807, 2.05) is 29.2 Å². The van der Waals surface area contributed by atoms with E-state index in [-0.39, 0.29) is 5.91 Å². The van der Waals surface area contributed by atoms with Crippen molar-refractivity contribution >= 4 is 22.5 Å². The highest BCUT2D eigenvalue weighted by atomic mass is 16.2. The fourth-order valence-electron chi connectivity index (χ4n) is 3.63. The molecule has 1 fully saturated rings. The molecule has 0 N–H and O–H groups in total. The Morgan fingerprint density at radius 3 is 2.59 bits per heavy atom. The van der Waals surface area contributed by atoms with Crippen molar-refractivity contribution in [3.63, 3.8) is 0 Å². The van der Waals surface area contributed by atoms with E-state index in [0.29, 0.717) is 44.0 Å². The number of hydrogen-bond donors (Lipinski definition) is 0. The van der Waals surface area contributed by atoms with E-state index in [4.69, 9.17) is 0 Å². The molecular weight excluding hydrogens is 336 g/mol. The third-order valence-corrected chi connectivity index (χ3v) is 5.06. The van der Waals surface area contributed by atoms with Crippen molar-refractivity contribution in [2.24, 2.45) is 0 Å².